The van der Waals surface area contributed by atoms with E-state index >= 15 is 0 Å². The number of rotatable bonds is 10. The second kappa shape index (κ2) is 20.4. The maximum Gasteiger partial charge on any atom is 0.135 e. The van der Waals surface area contributed by atoms with Gasteiger partial charge in [-0.25, -0.2) is 4.98 Å². The van der Waals surface area contributed by atoms with E-state index in [0.29, 0.717) is 94.8 Å². The van der Waals surface area contributed by atoms with Crippen LogP contribution in [0.1, 0.15) is 68.6 Å². The SMILES string of the molecule is [2H]C([2H])([2H])c1cc(-n2c3[c-]c(Oc4[c-]c(N5[CH-]N(c6c7c(c(-c8ccccc8)c8c9ccccc9n(C([2H])([2H])[2H])c68)c6ccccc6n7C([2H])([2H])[2H])c6ccccc65)cc(-c5c(C(C)C)cccc5C(C)C)c4)ccc3c3ccccc32)ncc1-c1ccccc1.[Pt]. The Balaban J connectivity index is 0.00000735. The summed E-state index contributed by atoms with van der Waals surface area (Å²) in [4.78, 5) is 8.93. The van der Waals surface area contributed by atoms with Gasteiger partial charge in [-0.3, -0.25) is 0 Å². The standard InChI is InChI=1S/C75H59N6O.Pt/c1-46(2)55-30-22-31-56(47(3)4)69(55)51-40-52(42-54(41-51)82-53-37-38-58-57-27-14-19-34-64(57)81(67(58)43-53)68-39-48(5)61(44-76-68)49-23-10-8-11-24-49)79-45-80(66-36-21-20-35-65(66)79)75-73-71(59-28-15-17-32-62(59)77(73)6)70(50-25-12-9-13-26-50)72-60-29-16-18-33-63(60)78(7)74(72)75;/h8-41,44-47H,1-7H3;/q-3;/i5D3,6D3,7D3;. The van der Waals surface area contributed by atoms with Crippen LogP contribution >= 0.6 is 0 Å². The van der Waals surface area contributed by atoms with E-state index in [4.69, 9.17) is 13.8 Å². The summed E-state index contributed by atoms with van der Waals surface area (Å²) in [6.45, 7) is 2.71. The molecule has 0 fully saturated rings. The third-order valence-electron chi connectivity index (χ3n) is 16.4. The topological polar surface area (TPSA) is 43.4 Å². The van der Waals surface area contributed by atoms with E-state index in [9.17, 15) is 8.22 Å². The summed E-state index contributed by atoms with van der Waals surface area (Å²) in [6.07, 6.45) is 1.63. The van der Waals surface area contributed by atoms with Gasteiger partial charge < -0.3 is 28.2 Å². The molecule has 0 saturated heterocycles. The van der Waals surface area contributed by atoms with Gasteiger partial charge in [0, 0.05) is 126 Å². The van der Waals surface area contributed by atoms with Crippen molar-refractivity contribution in [2.75, 3.05) is 9.80 Å². The fourth-order valence-corrected chi connectivity index (χ4v) is 12.7. The third-order valence-corrected chi connectivity index (χ3v) is 16.4. The molecular formula is C75H59N6OPt-3. The molecule has 0 atom stereocenters. The first-order valence-corrected chi connectivity index (χ1v) is 27.8. The van der Waals surface area contributed by atoms with Crippen molar-refractivity contribution >= 4 is 88.2 Å². The summed E-state index contributed by atoms with van der Waals surface area (Å²) in [7, 11) is 0. The van der Waals surface area contributed by atoms with E-state index in [0.717, 1.165) is 55.2 Å². The van der Waals surface area contributed by atoms with E-state index in [1.807, 2.05) is 197 Å². The molecule has 1 aliphatic heterocycles. The minimum atomic E-state index is -2.75. The van der Waals surface area contributed by atoms with Gasteiger partial charge in [-0.2, -0.15) is 6.07 Å². The van der Waals surface area contributed by atoms with Crippen LogP contribution in [0.3, 0.4) is 0 Å². The van der Waals surface area contributed by atoms with Gasteiger partial charge in [0.1, 0.15) is 5.82 Å². The van der Waals surface area contributed by atoms with Gasteiger partial charge in [0.05, 0.1) is 16.7 Å². The Morgan fingerprint density at radius 3 is 1.71 bits per heavy atom. The molecule has 15 rings (SSSR count). The van der Waals surface area contributed by atoms with Crippen molar-refractivity contribution in [3.8, 4) is 50.7 Å². The van der Waals surface area contributed by atoms with Crippen molar-refractivity contribution in [3.63, 3.8) is 0 Å². The summed E-state index contributed by atoms with van der Waals surface area (Å²) in [5, 5.41) is 4.51. The molecule has 0 saturated carbocycles. The largest absolute Gasteiger partial charge is 0.509 e. The summed E-state index contributed by atoms with van der Waals surface area (Å²) in [5.41, 5.74) is 12.5. The molecule has 1 aliphatic rings. The van der Waals surface area contributed by atoms with Gasteiger partial charge in [-0.15, -0.1) is 53.6 Å². The molecule has 0 spiro atoms. The predicted molar refractivity (Wildman–Crippen MR) is 341 cm³/mol. The first-order valence-electron chi connectivity index (χ1n) is 32.3. The van der Waals surface area contributed by atoms with E-state index in [-0.39, 0.29) is 38.5 Å². The molecule has 408 valence electrons. The number of nitrogens with zero attached hydrogens (tertiary/aromatic N) is 6. The van der Waals surface area contributed by atoms with Crippen LogP contribution in [0.25, 0.3) is 105 Å². The zero-order valence-electron chi connectivity index (χ0n) is 54.8. The molecule has 0 bridgehead atoms. The number of hydrogen-bond donors (Lipinski definition) is 0. The van der Waals surface area contributed by atoms with Crippen LogP contribution in [0, 0.1) is 25.7 Å². The molecule has 7 nitrogen and oxygen atoms in total. The Kier molecular flexibility index (Phi) is 10.5. The molecule has 83 heavy (non-hydrogen) atoms. The molecule has 0 unspecified atom stereocenters. The molecule has 0 radical (unpaired) electrons. The number of pyridine rings is 1. The fourth-order valence-electron chi connectivity index (χ4n) is 12.7. The van der Waals surface area contributed by atoms with Crippen molar-refractivity contribution in [3.05, 3.63) is 248 Å². The number of aryl methyl sites for hydroxylation is 3. The van der Waals surface area contributed by atoms with Crippen molar-refractivity contribution < 1.29 is 38.1 Å². The molecule has 14 aromatic rings. The Bertz CT molecular complexity index is 5100. The number of anilines is 4. The van der Waals surface area contributed by atoms with Crippen LogP contribution in [-0.4, -0.2) is 18.7 Å². The van der Waals surface area contributed by atoms with Gasteiger partial charge >= 0.3 is 0 Å². The van der Waals surface area contributed by atoms with Gasteiger partial charge in [-0.05, 0) is 93.9 Å². The average Bonchev–Trinajstić information content (AvgIpc) is 1.51. The molecule has 8 heteroatoms. The van der Waals surface area contributed by atoms with Crippen LogP contribution in [0.15, 0.2) is 212 Å². The van der Waals surface area contributed by atoms with Crippen molar-refractivity contribution in [2.24, 2.45) is 14.0 Å². The molecule has 4 aromatic heterocycles. The zero-order valence-corrected chi connectivity index (χ0v) is 48.1. The van der Waals surface area contributed by atoms with Crippen molar-refractivity contribution in [1.82, 2.24) is 18.7 Å². The molecule has 0 N–H and O–H groups in total. The Morgan fingerprint density at radius 2 is 1.08 bits per heavy atom. The average molecular weight is 1260 g/mol. The van der Waals surface area contributed by atoms with Crippen LogP contribution in [0.2, 0.25) is 0 Å². The first-order chi connectivity index (χ1) is 43.7. The fraction of sp³-hybridized carbons (Fsp3) is 0.120. The molecule has 0 amide bonds. The number of hydrogen-bond acceptors (Lipinski definition) is 4. The molecular weight excluding hydrogens is 1200 g/mol. The maximum absolute atomic E-state index is 9.41. The van der Waals surface area contributed by atoms with Gasteiger partial charge in [0.25, 0.3) is 0 Å². The molecule has 0 aliphatic carbocycles. The maximum atomic E-state index is 9.41. The minimum Gasteiger partial charge on any atom is -0.509 e. The Morgan fingerprint density at radius 1 is 0.506 bits per heavy atom. The molecule has 5 heterocycles. The van der Waals surface area contributed by atoms with E-state index in [1.165, 1.54) is 9.13 Å². The third kappa shape index (κ3) is 8.22. The number of fused-ring (bicyclic) bond motifs is 10. The summed E-state index contributed by atoms with van der Waals surface area (Å²) in [6, 6.07) is 73.4. The summed E-state index contributed by atoms with van der Waals surface area (Å²) >= 11 is 0. The zero-order chi connectivity index (χ0) is 63.0. The van der Waals surface area contributed by atoms with Gasteiger partial charge in [0.15, 0.2) is 0 Å². The van der Waals surface area contributed by atoms with Crippen molar-refractivity contribution in [2.45, 2.75) is 46.4 Å². The van der Waals surface area contributed by atoms with Gasteiger partial charge in [-0.1, -0.05) is 179 Å². The van der Waals surface area contributed by atoms with E-state index in [1.54, 1.807) is 12.3 Å². The smallest absolute Gasteiger partial charge is 0.135 e. The molecule has 10 aromatic carbocycles. The van der Waals surface area contributed by atoms with Gasteiger partial charge in [0.2, 0.25) is 0 Å². The van der Waals surface area contributed by atoms with Crippen molar-refractivity contribution in [1.29, 1.82) is 0 Å². The number of benzene rings is 10. The van der Waals surface area contributed by atoms with Crippen LogP contribution in [0.4, 0.5) is 22.7 Å². The number of ether oxygens (including phenoxy) is 1. The Hall–Kier alpha value is -9.16. The summed E-state index contributed by atoms with van der Waals surface area (Å²) in [5.74, 6) is 1.37. The second-order valence-corrected chi connectivity index (χ2v) is 21.8. The predicted octanol–water partition coefficient (Wildman–Crippen LogP) is 19.8. The van der Waals surface area contributed by atoms with Crippen LogP contribution in [-0.2, 0) is 35.0 Å². The summed E-state index contributed by atoms with van der Waals surface area (Å²) < 4.78 is 94.5. The van der Waals surface area contributed by atoms with Crippen LogP contribution in [0.5, 0.6) is 11.5 Å². The van der Waals surface area contributed by atoms with E-state index in [2.05, 4.69) is 64.1 Å². The second-order valence-electron chi connectivity index (χ2n) is 21.8. The quantitative estimate of drug-likeness (QED) is 0.128. The Labute approximate surface area is 511 Å². The monoisotopic (exact) mass is 1260 g/mol. The number of aromatic nitrogens is 4. The minimum absolute atomic E-state index is 0. The first kappa shape index (κ1) is 42.7. The van der Waals surface area contributed by atoms with Crippen LogP contribution < -0.4 is 14.5 Å². The number of para-hydroxylation sites is 5. The van der Waals surface area contributed by atoms with E-state index < -0.39 is 20.8 Å². The normalized spacial score (nSPS) is 14.6.